The number of imidazole rings is 1. The van der Waals surface area contributed by atoms with Gasteiger partial charge in [-0.05, 0) is 12.8 Å². The molecular weight excluding hydrogens is 262 g/mol. The molecule has 2 aromatic rings. The first kappa shape index (κ1) is 13.2. The van der Waals surface area contributed by atoms with E-state index in [9.17, 15) is 5.11 Å². The topological polar surface area (TPSA) is 108 Å². The monoisotopic (exact) mass is 279 g/mol. The highest BCUT2D eigenvalue weighted by atomic mass is 16.5. The number of fused-ring (bicyclic) bond motifs is 1. The summed E-state index contributed by atoms with van der Waals surface area (Å²) in [5.74, 6) is -0.116. The van der Waals surface area contributed by atoms with Crippen molar-refractivity contribution in [2.45, 2.75) is 25.2 Å². The van der Waals surface area contributed by atoms with Crippen LogP contribution < -0.4 is 5.73 Å². The van der Waals surface area contributed by atoms with E-state index >= 15 is 0 Å². The van der Waals surface area contributed by atoms with Crippen LogP contribution in [0.3, 0.4) is 0 Å². The van der Waals surface area contributed by atoms with Gasteiger partial charge < -0.3 is 20.3 Å². The molecular formula is C12H17N5O3. The molecule has 1 aliphatic heterocycles. The van der Waals surface area contributed by atoms with Crippen molar-refractivity contribution in [3.63, 3.8) is 0 Å². The van der Waals surface area contributed by atoms with Crippen LogP contribution in [0.25, 0.3) is 11.2 Å². The maximum atomic E-state index is 9.62. The van der Waals surface area contributed by atoms with Gasteiger partial charge in [0.15, 0.2) is 11.2 Å². The minimum absolute atomic E-state index is 0.0550. The van der Waals surface area contributed by atoms with Crippen molar-refractivity contribution >= 4 is 11.2 Å². The molecule has 3 rings (SSSR count). The third-order valence-corrected chi connectivity index (χ3v) is 3.30. The van der Waals surface area contributed by atoms with Crippen molar-refractivity contribution < 1.29 is 14.6 Å². The Kier molecular flexibility index (Phi) is 3.77. The summed E-state index contributed by atoms with van der Waals surface area (Å²) in [5, 5.41) is 9.62. The van der Waals surface area contributed by atoms with Gasteiger partial charge in [0.2, 0.25) is 5.88 Å². The summed E-state index contributed by atoms with van der Waals surface area (Å²) in [5.41, 5.74) is 6.34. The molecule has 0 amide bonds. The second kappa shape index (κ2) is 5.70. The van der Waals surface area contributed by atoms with Crippen LogP contribution in [0.15, 0.2) is 12.7 Å². The summed E-state index contributed by atoms with van der Waals surface area (Å²) in [6, 6.07) is 0. The number of rotatable bonds is 5. The molecule has 0 aromatic carbocycles. The number of hydrogen-bond acceptors (Lipinski definition) is 7. The Bertz CT molecular complexity index is 587. The lowest BCUT2D eigenvalue weighted by molar-refractivity contribution is -0.0385. The average Bonchev–Trinajstić information content (AvgIpc) is 3.06. The molecule has 20 heavy (non-hydrogen) atoms. The summed E-state index contributed by atoms with van der Waals surface area (Å²) in [6.07, 6.45) is 4.61. The fraction of sp³-hybridized carbons (Fsp3) is 0.583. The van der Waals surface area contributed by atoms with Crippen molar-refractivity contribution in [2.75, 3.05) is 19.8 Å². The van der Waals surface area contributed by atoms with Crippen LogP contribution in [-0.2, 0) is 9.47 Å². The van der Waals surface area contributed by atoms with Gasteiger partial charge in [-0.1, -0.05) is 0 Å². The van der Waals surface area contributed by atoms with Gasteiger partial charge in [0.05, 0.1) is 25.6 Å². The first-order chi connectivity index (χ1) is 9.79. The first-order valence-corrected chi connectivity index (χ1v) is 6.59. The third kappa shape index (κ3) is 2.45. The zero-order chi connectivity index (χ0) is 13.9. The molecule has 0 bridgehead atoms. The Balaban J connectivity index is 1.72. The molecule has 2 aromatic heterocycles. The van der Waals surface area contributed by atoms with E-state index in [2.05, 4.69) is 15.0 Å². The fourth-order valence-corrected chi connectivity index (χ4v) is 2.36. The van der Waals surface area contributed by atoms with E-state index in [4.69, 9.17) is 15.2 Å². The van der Waals surface area contributed by atoms with Crippen molar-refractivity contribution in [1.82, 2.24) is 19.5 Å². The van der Waals surface area contributed by atoms with Gasteiger partial charge in [0, 0.05) is 6.54 Å². The lowest BCUT2D eigenvalue weighted by atomic mass is 10.2. The molecule has 3 heterocycles. The fourth-order valence-electron chi connectivity index (χ4n) is 2.36. The van der Waals surface area contributed by atoms with Crippen LogP contribution in [-0.4, -0.2) is 50.5 Å². The van der Waals surface area contributed by atoms with E-state index in [0.717, 1.165) is 12.8 Å². The molecule has 0 aliphatic carbocycles. The highest BCUT2D eigenvalue weighted by molar-refractivity contribution is 5.75. The zero-order valence-electron chi connectivity index (χ0n) is 11.0. The van der Waals surface area contributed by atoms with Gasteiger partial charge in [0.1, 0.15) is 12.6 Å². The molecule has 1 saturated heterocycles. The maximum absolute atomic E-state index is 9.62. The maximum Gasteiger partial charge on any atom is 0.242 e. The van der Waals surface area contributed by atoms with E-state index in [0.29, 0.717) is 30.9 Å². The van der Waals surface area contributed by atoms with E-state index in [1.807, 2.05) is 4.57 Å². The molecule has 8 nitrogen and oxygen atoms in total. The number of aromatic hydroxyl groups is 1. The highest BCUT2D eigenvalue weighted by Gasteiger charge is 2.28. The van der Waals surface area contributed by atoms with Crippen LogP contribution in [0.2, 0.25) is 0 Å². The largest absolute Gasteiger partial charge is 0.492 e. The third-order valence-electron chi connectivity index (χ3n) is 3.30. The summed E-state index contributed by atoms with van der Waals surface area (Å²) < 4.78 is 13.1. The van der Waals surface area contributed by atoms with E-state index in [1.165, 1.54) is 6.33 Å². The van der Waals surface area contributed by atoms with Gasteiger partial charge in [-0.15, -0.1) is 0 Å². The van der Waals surface area contributed by atoms with Crippen LogP contribution in [0.5, 0.6) is 5.88 Å². The van der Waals surface area contributed by atoms with Gasteiger partial charge in [-0.2, -0.15) is 4.98 Å². The standard InChI is InChI=1S/C12H17N5O3/c13-3-4-19-5-8-1-2-9(20-8)17-7-16-10-11(17)14-6-15-12(10)18/h6-9H,1-5,13H2,(H,14,15,18)/t8-,9+/m0/s1. The summed E-state index contributed by atoms with van der Waals surface area (Å²) >= 11 is 0. The second-order valence-corrected chi connectivity index (χ2v) is 4.68. The number of ether oxygens (including phenoxy) is 2. The van der Waals surface area contributed by atoms with Crippen LogP contribution in [0, 0.1) is 0 Å². The minimum atomic E-state index is -0.138. The lowest BCUT2D eigenvalue weighted by Crippen LogP contribution is -2.19. The summed E-state index contributed by atoms with van der Waals surface area (Å²) in [6.45, 7) is 1.60. The average molecular weight is 279 g/mol. The van der Waals surface area contributed by atoms with Crippen molar-refractivity contribution in [3.05, 3.63) is 12.7 Å². The first-order valence-electron chi connectivity index (χ1n) is 6.59. The summed E-state index contributed by atoms with van der Waals surface area (Å²) in [7, 11) is 0. The Hall–Kier alpha value is -1.77. The molecule has 108 valence electrons. The number of nitrogens with two attached hydrogens (primary N) is 1. The Morgan fingerprint density at radius 3 is 3.15 bits per heavy atom. The number of nitrogens with zero attached hydrogens (tertiary/aromatic N) is 4. The number of aromatic nitrogens is 4. The molecule has 0 saturated carbocycles. The lowest BCUT2D eigenvalue weighted by Gasteiger charge is -2.15. The van der Waals surface area contributed by atoms with Gasteiger partial charge in [0.25, 0.3) is 0 Å². The molecule has 0 unspecified atom stereocenters. The SMILES string of the molecule is NCCOC[C@@H]1CC[C@H](n2cnc3c(O)ncnc32)O1. The number of hydrogen-bond donors (Lipinski definition) is 2. The minimum Gasteiger partial charge on any atom is -0.492 e. The van der Waals surface area contributed by atoms with Crippen LogP contribution >= 0.6 is 0 Å². The highest BCUT2D eigenvalue weighted by Crippen LogP contribution is 2.31. The molecule has 8 heteroatoms. The van der Waals surface area contributed by atoms with Gasteiger partial charge >= 0.3 is 0 Å². The van der Waals surface area contributed by atoms with Gasteiger partial charge in [-0.25, -0.2) is 9.97 Å². The molecule has 0 radical (unpaired) electrons. The predicted molar refractivity (Wildman–Crippen MR) is 70.0 cm³/mol. The molecule has 3 N–H and O–H groups in total. The molecule has 0 spiro atoms. The van der Waals surface area contributed by atoms with Crippen molar-refractivity contribution in [3.8, 4) is 5.88 Å². The molecule has 1 fully saturated rings. The second-order valence-electron chi connectivity index (χ2n) is 4.68. The van der Waals surface area contributed by atoms with E-state index in [1.54, 1.807) is 6.33 Å². The normalized spacial score (nSPS) is 22.6. The Morgan fingerprint density at radius 2 is 2.30 bits per heavy atom. The van der Waals surface area contributed by atoms with E-state index < -0.39 is 0 Å². The van der Waals surface area contributed by atoms with Crippen LogP contribution in [0.4, 0.5) is 0 Å². The zero-order valence-corrected chi connectivity index (χ0v) is 11.0. The molecule has 1 aliphatic rings. The Labute approximate surface area is 115 Å². The smallest absolute Gasteiger partial charge is 0.242 e. The van der Waals surface area contributed by atoms with Crippen molar-refractivity contribution in [1.29, 1.82) is 0 Å². The quantitative estimate of drug-likeness (QED) is 0.752. The Morgan fingerprint density at radius 1 is 1.40 bits per heavy atom. The van der Waals surface area contributed by atoms with E-state index in [-0.39, 0.29) is 18.2 Å². The summed E-state index contributed by atoms with van der Waals surface area (Å²) in [4.78, 5) is 12.0. The van der Waals surface area contributed by atoms with Gasteiger partial charge in [-0.3, -0.25) is 4.57 Å². The van der Waals surface area contributed by atoms with Crippen LogP contribution in [0.1, 0.15) is 19.1 Å². The predicted octanol–water partition coefficient (Wildman–Crippen LogP) is 0.185. The molecule has 2 atom stereocenters. The van der Waals surface area contributed by atoms with Crippen molar-refractivity contribution in [2.24, 2.45) is 5.73 Å².